The molecule has 3 nitrogen and oxygen atoms in total. The van der Waals surface area contributed by atoms with Crippen molar-refractivity contribution in [3.63, 3.8) is 0 Å². The summed E-state index contributed by atoms with van der Waals surface area (Å²) in [7, 11) is 2.02. The van der Waals surface area contributed by atoms with Gasteiger partial charge < -0.3 is 4.57 Å². The van der Waals surface area contributed by atoms with Crippen LogP contribution in [-0.2, 0) is 7.05 Å². The number of fused-ring (bicyclic) bond motifs is 1. The van der Waals surface area contributed by atoms with Gasteiger partial charge in [-0.3, -0.25) is 4.99 Å². The van der Waals surface area contributed by atoms with Crippen molar-refractivity contribution in [3.05, 3.63) is 72.7 Å². The van der Waals surface area contributed by atoms with Gasteiger partial charge in [0.15, 0.2) is 0 Å². The molecule has 3 heteroatoms. The normalized spacial score (nSPS) is 12.7. The SMILES string of the molecule is C/C=C\C=C/C(C)=Nc1c(C)c(-c2cncn2C)cc2ccccc12. The summed E-state index contributed by atoms with van der Waals surface area (Å²) in [6, 6.07) is 10.6. The van der Waals surface area contributed by atoms with E-state index in [1.165, 1.54) is 21.9 Å². The van der Waals surface area contributed by atoms with Crippen molar-refractivity contribution in [1.82, 2.24) is 9.55 Å². The zero-order valence-electron chi connectivity index (χ0n) is 15.2. The lowest BCUT2D eigenvalue weighted by Crippen LogP contribution is -1.94. The molecule has 0 spiro atoms. The second kappa shape index (κ2) is 7.31. The summed E-state index contributed by atoms with van der Waals surface area (Å²) in [6.45, 7) is 6.17. The average molecular weight is 329 g/mol. The number of rotatable bonds is 4. The molecule has 1 aromatic heterocycles. The second-order valence-corrected chi connectivity index (χ2v) is 6.15. The zero-order chi connectivity index (χ0) is 17.8. The Hall–Kier alpha value is -2.94. The molecule has 0 saturated carbocycles. The molecule has 0 amide bonds. The molecule has 0 N–H and O–H groups in total. The number of benzene rings is 2. The summed E-state index contributed by atoms with van der Waals surface area (Å²) in [6.07, 6.45) is 11.8. The van der Waals surface area contributed by atoms with Crippen molar-refractivity contribution in [2.75, 3.05) is 0 Å². The highest BCUT2D eigenvalue weighted by molar-refractivity contribution is 6.03. The Morgan fingerprint density at radius 3 is 2.72 bits per heavy atom. The molecule has 25 heavy (non-hydrogen) atoms. The number of nitrogens with zero attached hydrogens (tertiary/aromatic N) is 3. The van der Waals surface area contributed by atoms with Crippen LogP contribution in [0, 0.1) is 6.92 Å². The smallest absolute Gasteiger partial charge is 0.0948 e. The average Bonchev–Trinajstić information content (AvgIpc) is 3.03. The Morgan fingerprint density at radius 1 is 1.20 bits per heavy atom. The molecule has 0 aliphatic heterocycles. The lowest BCUT2D eigenvalue weighted by Gasteiger charge is -2.13. The molecule has 0 fully saturated rings. The van der Waals surface area contributed by atoms with E-state index in [2.05, 4.69) is 42.2 Å². The van der Waals surface area contributed by atoms with Crippen molar-refractivity contribution >= 4 is 22.2 Å². The lowest BCUT2D eigenvalue weighted by molar-refractivity contribution is 0.920. The second-order valence-electron chi connectivity index (χ2n) is 6.15. The fourth-order valence-corrected chi connectivity index (χ4v) is 2.98. The third-order valence-corrected chi connectivity index (χ3v) is 4.30. The van der Waals surface area contributed by atoms with Gasteiger partial charge >= 0.3 is 0 Å². The molecule has 0 unspecified atom stereocenters. The van der Waals surface area contributed by atoms with Crippen LogP contribution in [0.25, 0.3) is 22.0 Å². The standard InChI is InChI=1S/C22H23N3/c1-5-6-7-10-16(2)24-22-17(3)20(21-14-23-15-25(21)4)13-18-11-8-9-12-19(18)22/h5-15H,1-4H3/b6-5-,10-7-,24-16?. The van der Waals surface area contributed by atoms with Crippen LogP contribution in [-0.4, -0.2) is 15.3 Å². The van der Waals surface area contributed by atoms with Crippen molar-refractivity contribution in [2.45, 2.75) is 20.8 Å². The first-order valence-corrected chi connectivity index (χ1v) is 8.45. The number of allylic oxidation sites excluding steroid dienone is 4. The van der Waals surface area contributed by atoms with E-state index in [1.807, 2.05) is 62.3 Å². The molecule has 0 atom stereocenters. The fraction of sp³-hybridized carbons (Fsp3) is 0.182. The predicted molar refractivity (Wildman–Crippen MR) is 108 cm³/mol. The van der Waals surface area contributed by atoms with Crippen molar-refractivity contribution in [1.29, 1.82) is 0 Å². The van der Waals surface area contributed by atoms with Gasteiger partial charge in [-0.25, -0.2) is 4.98 Å². The van der Waals surface area contributed by atoms with Gasteiger partial charge in [-0.1, -0.05) is 42.5 Å². The Kier molecular flexibility index (Phi) is 4.94. The highest BCUT2D eigenvalue weighted by Crippen LogP contribution is 2.37. The van der Waals surface area contributed by atoms with Gasteiger partial charge in [0.25, 0.3) is 0 Å². The van der Waals surface area contributed by atoms with Crippen molar-refractivity contribution in [2.24, 2.45) is 12.0 Å². The highest BCUT2D eigenvalue weighted by atomic mass is 15.0. The number of aryl methyl sites for hydroxylation is 1. The monoisotopic (exact) mass is 329 g/mol. The molecular weight excluding hydrogens is 306 g/mol. The minimum absolute atomic E-state index is 0.980. The first-order chi connectivity index (χ1) is 12.1. The molecule has 126 valence electrons. The molecule has 0 saturated heterocycles. The van der Waals surface area contributed by atoms with Crippen LogP contribution in [0.1, 0.15) is 19.4 Å². The number of imidazole rings is 1. The van der Waals surface area contributed by atoms with Crippen LogP contribution in [0.3, 0.4) is 0 Å². The Morgan fingerprint density at radius 2 is 2.00 bits per heavy atom. The maximum absolute atomic E-state index is 4.93. The van der Waals surface area contributed by atoms with E-state index in [9.17, 15) is 0 Å². The van der Waals surface area contributed by atoms with Gasteiger partial charge in [0.2, 0.25) is 0 Å². The first-order valence-electron chi connectivity index (χ1n) is 8.45. The van der Waals surface area contributed by atoms with Crippen molar-refractivity contribution in [3.8, 4) is 11.3 Å². The summed E-state index contributed by atoms with van der Waals surface area (Å²) in [5, 5.41) is 2.36. The maximum atomic E-state index is 4.93. The quantitative estimate of drug-likeness (QED) is 0.441. The maximum Gasteiger partial charge on any atom is 0.0948 e. The Balaban J connectivity index is 2.24. The summed E-state index contributed by atoms with van der Waals surface area (Å²) < 4.78 is 2.05. The van der Waals surface area contributed by atoms with Gasteiger partial charge in [-0.05, 0) is 43.9 Å². The van der Waals surface area contributed by atoms with E-state index in [4.69, 9.17) is 4.99 Å². The molecule has 0 aliphatic rings. The zero-order valence-corrected chi connectivity index (χ0v) is 15.2. The number of hydrogen-bond donors (Lipinski definition) is 0. The number of aliphatic imine (C=N–C) groups is 1. The molecule has 0 radical (unpaired) electrons. The van der Waals surface area contributed by atoms with E-state index >= 15 is 0 Å². The van der Waals surface area contributed by atoms with Gasteiger partial charge in [0, 0.05) is 23.7 Å². The van der Waals surface area contributed by atoms with E-state index in [0.29, 0.717) is 0 Å². The molecule has 0 aliphatic carbocycles. The van der Waals surface area contributed by atoms with Crippen LogP contribution < -0.4 is 0 Å². The van der Waals surface area contributed by atoms with Gasteiger partial charge in [-0.15, -0.1) is 0 Å². The minimum Gasteiger partial charge on any atom is -0.334 e. The van der Waals surface area contributed by atoms with Crippen molar-refractivity contribution < 1.29 is 0 Å². The van der Waals surface area contributed by atoms with Crippen LogP contribution in [0.15, 0.2) is 72.2 Å². The topological polar surface area (TPSA) is 30.2 Å². The summed E-state index contributed by atoms with van der Waals surface area (Å²) in [5.74, 6) is 0. The van der Waals surface area contributed by atoms with Crippen LogP contribution in [0.5, 0.6) is 0 Å². The molecule has 3 rings (SSSR count). The third kappa shape index (κ3) is 3.45. The van der Waals surface area contributed by atoms with E-state index < -0.39 is 0 Å². The summed E-state index contributed by atoms with van der Waals surface area (Å²) in [5.41, 5.74) is 5.44. The number of aromatic nitrogens is 2. The van der Waals surface area contributed by atoms with Crippen LogP contribution in [0.4, 0.5) is 5.69 Å². The first kappa shape index (κ1) is 16.9. The molecule has 1 heterocycles. The minimum atomic E-state index is 0.980. The van der Waals surface area contributed by atoms with Crippen LogP contribution >= 0.6 is 0 Å². The third-order valence-electron chi connectivity index (χ3n) is 4.30. The van der Waals surface area contributed by atoms with E-state index in [-0.39, 0.29) is 0 Å². The molecule has 3 aromatic rings. The molecule has 2 aromatic carbocycles. The number of hydrogen-bond acceptors (Lipinski definition) is 2. The largest absolute Gasteiger partial charge is 0.334 e. The van der Waals surface area contributed by atoms with Gasteiger partial charge in [-0.2, -0.15) is 0 Å². The highest BCUT2D eigenvalue weighted by Gasteiger charge is 2.13. The lowest BCUT2D eigenvalue weighted by atomic mass is 9.97. The fourth-order valence-electron chi connectivity index (χ4n) is 2.98. The Labute approximate surface area is 149 Å². The van der Waals surface area contributed by atoms with E-state index in [1.54, 1.807) is 0 Å². The van der Waals surface area contributed by atoms with Gasteiger partial charge in [0.1, 0.15) is 0 Å². The predicted octanol–water partition coefficient (Wildman–Crippen LogP) is 5.77. The molecule has 0 bridgehead atoms. The Bertz CT molecular complexity index is 988. The summed E-state index contributed by atoms with van der Waals surface area (Å²) in [4.78, 5) is 9.19. The van der Waals surface area contributed by atoms with Gasteiger partial charge in [0.05, 0.1) is 23.9 Å². The molecular formula is C22H23N3. The van der Waals surface area contributed by atoms with E-state index in [0.717, 1.165) is 17.1 Å². The summed E-state index contributed by atoms with van der Waals surface area (Å²) >= 11 is 0. The van der Waals surface area contributed by atoms with Crippen LogP contribution in [0.2, 0.25) is 0 Å².